The molecule has 120 valence electrons. The van der Waals surface area contributed by atoms with E-state index < -0.39 is 11.9 Å². The van der Waals surface area contributed by atoms with E-state index in [4.69, 9.17) is 4.74 Å². The zero-order chi connectivity index (χ0) is 16.6. The molecule has 0 aromatic carbocycles. The number of ether oxygens (including phenoxy) is 1. The van der Waals surface area contributed by atoms with Crippen LogP contribution in [0.5, 0.6) is 5.75 Å². The average Bonchev–Trinajstić information content (AvgIpc) is 2.80. The Morgan fingerprint density at radius 1 is 1.17 bits per heavy atom. The van der Waals surface area contributed by atoms with E-state index in [0.29, 0.717) is 22.5 Å². The van der Waals surface area contributed by atoms with Crippen molar-refractivity contribution in [2.24, 2.45) is 7.05 Å². The second-order valence-corrected chi connectivity index (χ2v) is 5.01. The molecule has 0 saturated heterocycles. The molecular weight excluding hydrogens is 309 g/mol. The summed E-state index contributed by atoms with van der Waals surface area (Å²) in [5.74, 6) is 0.442. The maximum Gasteiger partial charge on any atom is 0.433 e. The van der Waals surface area contributed by atoms with Crippen LogP contribution in [0, 0.1) is 6.92 Å². The molecule has 0 fully saturated rings. The highest BCUT2D eigenvalue weighted by molar-refractivity contribution is 5.84. The molecule has 0 aliphatic heterocycles. The van der Waals surface area contributed by atoms with Gasteiger partial charge in [-0.05, 0) is 19.1 Å². The van der Waals surface area contributed by atoms with Gasteiger partial charge in [0.1, 0.15) is 12.4 Å². The lowest BCUT2D eigenvalue weighted by molar-refractivity contribution is -0.142. The molecule has 0 saturated carbocycles. The lowest BCUT2D eigenvalue weighted by Crippen LogP contribution is -2.13. The molecule has 3 aromatic heterocycles. The van der Waals surface area contributed by atoms with Crippen molar-refractivity contribution in [3.63, 3.8) is 0 Å². The number of aryl methyl sites for hydroxylation is 2. The standard InChI is InChI=1S/C15H13F3N4O/c1-9-12-11(5-7-20-14(12)22(2)21-9)23-8-10-4-3-6-19-13(10)15(16,17)18/h3-7H,8H2,1-2H3. The molecule has 3 rings (SSSR count). The predicted molar refractivity (Wildman–Crippen MR) is 76.8 cm³/mol. The number of fused-ring (bicyclic) bond motifs is 1. The van der Waals surface area contributed by atoms with Gasteiger partial charge in [0.05, 0.1) is 11.1 Å². The van der Waals surface area contributed by atoms with E-state index in [9.17, 15) is 13.2 Å². The van der Waals surface area contributed by atoms with Crippen LogP contribution >= 0.6 is 0 Å². The zero-order valence-corrected chi connectivity index (χ0v) is 12.4. The van der Waals surface area contributed by atoms with Gasteiger partial charge in [0, 0.05) is 25.0 Å². The Morgan fingerprint density at radius 3 is 2.70 bits per heavy atom. The second-order valence-electron chi connectivity index (χ2n) is 5.01. The van der Waals surface area contributed by atoms with E-state index in [1.54, 1.807) is 24.7 Å². The van der Waals surface area contributed by atoms with Gasteiger partial charge in [0.15, 0.2) is 11.3 Å². The number of hydrogen-bond acceptors (Lipinski definition) is 4. The van der Waals surface area contributed by atoms with Gasteiger partial charge in [0.2, 0.25) is 0 Å². The zero-order valence-electron chi connectivity index (χ0n) is 12.4. The van der Waals surface area contributed by atoms with Crippen LogP contribution in [0.2, 0.25) is 0 Å². The van der Waals surface area contributed by atoms with E-state index in [2.05, 4.69) is 15.1 Å². The van der Waals surface area contributed by atoms with Crippen LogP contribution < -0.4 is 4.74 Å². The molecule has 0 spiro atoms. The van der Waals surface area contributed by atoms with Crippen molar-refractivity contribution in [1.82, 2.24) is 19.7 Å². The largest absolute Gasteiger partial charge is 0.488 e. The summed E-state index contributed by atoms with van der Waals surface area (Å²) >= 11 is 0. The van der Waals surface area contributed by atoms with Crippen molar-refractivity contribution in [2.75, 3.05) is 0 Å². The predicted octanol–water partition coefficient (Wildman–Crippen LogP) is 3.27. The molecule has 23 heavy (non-hydrogen) atoms. The Bertz CT molecular complexity index is 858. The molecule has 3 aromatic rings. The number of aromatic nitrogens is 4. The van der Waals surface area contributed by atoms with E-state index in [0.717, 1.165) is 6.20 Å². The Labute approximate surface area is 129 Å². The van der Waals surface area contributed by atoms with Crippen LogP contribution in [-0.2, 0) is 19.8 Å². The summed E-state index contributed by atoms with van der Waals surface area (Å²) in [5, 5.41) is 4.93. The molecule has 0 N–H and O–H groups in total. The van der Waals surface area contributed by atoms with E-state index in [-0.39, 0.29) is 12.2 Å². The highest BCUT2D eigenvalue weighted by Crippen LogP contribution is 2.32. The summed E-state index contributed by atoms with van der Waals surface area (Å²) in [7, 11) is 1.75. The van der Waals surface area contributed by atoms with Gasteiger partial charge in [-0.25, -0.2) is 4.98 Å². The summed E-state index contributed by atoms with van der Waals surface area (Å²) in [6.07, 6.45) is -1.87. The van der Waals surface area contributed by atoms with Crippen LogP contribution in [0.25, 0.3) is 11.0 Å². The molecule has 0 radical (unpaired) electrons. The maximum absolute atomic E-state index is 13.0. The number of halogens is 3. The normalized spacial score (nSPS) is 11.9. The van der Waals surface area contributed by atoms with Gasteiger partial charge >= 0.3 is 6.18 Å². The third-order valence-electron chi connectivity index (χ3n) is 3.40. The molecule has 3 heterocycles. The highest BCUT2D eigenvalue weighted by atomic mass is 19.4. The smallest absolute Gasteiger partial charge is 0.433 e. The topological polar surface area (TPSA) is 52.8 Å². The third kappa shape index (κ3) is 2.84. The van der Waals surface area contributed by atoms with Gasteiger partial charge in [-0.3, -0.25) is 9.67 Å². The van der Waals surface area contributed by atoms with E-state index in [1.165, 1.54) is 18.3 Å². The number of alkyl halides is 3. The minimum atomic E-state index is -4.52. The Kier molecular flexibility index (Phi) is 3.67. The van der Waals surface area contributed by atoms with Crippen LogP contribution in [-0.4, -0.2) is 19.7 Å². The van der Waals surface area contributed by atoms with E-state index in [1.807, 2.05) is 0 Å². The van der Waals surface area contributed by atoms with Crippen LogP contribution in [0.1, 0.15) is 17.0 Å². The van der Waals surface area contributed by atoms with Gasteiger partial charge in [-0.1, -0.05) is 6.07 Å². The summed E-state index contributed by atoms with van der Waals surface area (Å²) in [4.78, 5) is 7.61. The van der Waals surface area contributed by atoms with Gasteiger partial charge in [0.25, 0.3) is 0 Å². The average molecular weight is 322 g/mol. The number of nitrogens with zero attached hydrogens (tertiary/aromatic N) is 4. The molecule has 0 atom stereocenters. The molecule has 0 amide bonds. The van der Waals surface area contributed by atoms with Crippen LogP contribution in [0.4, 0.5) is 13.2 Å². The van der Waals surface area contributed by atoms with Gasteiger partial charge in [-0.15, -0.1) is 0 Å². The van der Waals surface area contributed by atoms with Crippen molar-refractivity contribution in [1.29, 1.82) is 0 Å². The molecule has 5 nitrogen and oxygen atoms in total. The monoisotopic (exact) mass is 322 g/mol. The van der Waals surface area contributed by atoms with Crippen molar-refractivity contribution >= 4 is 11.0 Å². The fraction of sp³-hybridized carbons (Fsp3) is 0.267. The Hall–Kier alpha value is -2.64. The molecular formula is C15H13F3N4O. The first-order chi connectivity index (χ1) is 10.9. The Morgan fingerprint density at radius 2 is 1.96 bits per heavy atom. The fourth-order valence-corrected chi connectivity index (χ4v) is 2.43. The van der Waals surface area contributed by atoms with Crippen molar-refractivity contribution in [2.45, 2.75) is 19.7 Å². The number of pyridine rings is 2. The molecule has 0 unspecified atom stereocenters. The quantitative estimate of drug-likeness (QED) is 0.743. The summed E-state index contributed by atoms with van der Waals surface area (Å²) in [6, 6.07) is 4.41. The number of rotatable bonds is 3. The summed E-state index contributed by atoms with van der Waals surface area (Å²) in [6.45, 7) is 1.55. The van der Waals surface area contributed by atoms with Crippen molar-refractivity contribution in [3.8, 4) is 5.75 Å². The summed E-state index contributed by atoms with van der Waals surface area (Å²) < 4.78 is 46.1. The first kappa shape index (κ1) is 15.3. The first-order valence-corrected chi connectivity index (χ1v) is 6.80. The van der Waals surface area contributed by atoms with E-state index >= 15 is 0 Å². The van der Waals surface area contributed by atoms with Crippen LogP contribution in [0.15, 0.2) is 30.6 Å². The Balaban J connectivity index is 1.94. The lowest BCUT2D eigenvalue weighted by atomic mass is 10.2. The van der Waals surface area contributed by atoms with Gasteiger partial charge in [-0.2, -0.15) is 18.3 Å². The second kappa shape index (κ2) is 5.53. The SMILES string of the molecule is Cc1nn(C)c2nccc(OCc3cccnc3C(F)(F)F)c12. The number of hydrogen-bond donors (Lipinski definition) is 0. The molecule has 0 aliphatic rings. The van der Waals surface area contributed by atoms with Crippen LogP contribution in [0.3, 0.4) is 0 Å². The lowest BCUT2D eigenvalue weighted by Gasteiger charge is -2.12. The van der Waals surface area contributed by atoms with Gasteiger partial charge < -0.3 is 4.74 Å². The first-order valence-electron chi connectivity index (χ1n) is 6.80. The summed E-state index contributed by atoms with van der Waals surface area (Å²) in [5.41, 5.74) is 0.356. The minimum absolute atomic E-state index is 0.0218. The molecule has 0 bridgehead atoms. The minimum Gasteiger partial charge on any atom is -0.488 e. The van der Waals surface area contributed by atoms with Crippen molar-refractivity contribution in [3.05, 3.63) is 47.5 Å². The molecule has 0 aliphatic carbocycles. The van der Waals surface area contributed by atoms with Crippen molar-refractivity contribution < 1.29 is 17.9 Å². The maximum atomic E-state index is 13.0. The third-order valence-corrected chi connectivity index (χ3v) is 3.40. The molecule has 8 heteroatoms. The fourth-order valence-electron chi connectivity index (χ4n) is 2.43. The highest BCUT2D eigenvalue weighted by Gasteiger charge is 2.35.